The smallest absolute Gasteiger partial charge is 0.295 e. The molecule has 1 N–H and O–H groups in total. The van der Waals surface area contributed by atoms with E-state index in [1.165, 1.54) is 0 Å². The highest BCUT2D eigenvalue weighted by Gasteiger charge is 2.45. The van der Waals surface area contributed by atoms with Crippen LogP contribution in [0.1, 0.15) is 49.9 Å². The normalized spacial score (nSPS) is 21.5. The van der Waals surface area contributed by atoms with Crippen LogP contribution in [0.4, 0.5) is 0 Å². The first-order chi connectivity index (χ1) is 15.9. The number of carbonyl (C=O) groups is 2. The first-order valence-electron chi connectivity index (χ1n) is 11.6. The summed E-state index contributed by atoms with van der Waals surface area (Å²) >= 11 is 0. The second-order valence-electron chi connectivity index (χ2n) is 8.61. The summed E-state index contributed by atoms with van der Waals surface area (Å²) in [7, 11) is 0. The molecule has 7 nitrogen and oxygen atoms in total. The maximum absolute atomic E-state index is 13.1. The number of rotatable bonds is 8. The maximum Gasteiger partial charge on any atom is 0.295 e. The maximum atomic E-state index is 13.1. The van der Waals surface area contributed by atoms with Gasteiger partial charge in [0.2, 0.25) is 0 Å². The van der Waals surface area contributed by atoms with E-state index in [0.717, 1.165) is 49.4 Å². The fourth-order valence-corrected chi connectivity index (χ4v) is 4.73. The SMILES string of the molecule is CCN(CC)CCCN1C(=O)C(=O)/C(=C(\O)c2ccc3c(c2)CC(C)O3)C1c1ccncc1. The van der Waals surface area contributed by atoms with Crippen LogP contribution in [-0.2, 0) is 16.0 Å². The Hall–Kier alpha value is -3.19. The zero-order valence-electron chi connectivity index (χ0n) is 19.5. The molecule has 2 unspecified atom stereocenters. The fraction of sp³-hybridized carbons (Fsp3) is 0.423. The third-order valence-corrected chi connectivity index (χ3v) is 6.50. The van der Waals surface area contributed by atoms with E-state index in [-0.39, 0.29) is 17.4 Å². The van der Waals surface area contributed by atoms with Crippen molar-refractivity contribution in [1.29, 1.82) is 0 Å². The van der Waals surface area contributed by atoms with Gasteiger partial charge in [-0.2, -0.15) is 0 Å². The number of pyridine rings is 1. The van der Waals surface area contributed by atoms with Gasteiger partial charge in [-0.15, -0.1) is 0 Å². The van der Waals surface area contributed by atoms with Crippen molar-refractivity contribution in [3.8, 4) is 5.75 Å². The molecule has 1 fully saturated rings. The van der Waals surface area contributed by atoms with Crippen LogP contribution in [0.2, 0.25) is 0 Å². The van der Waals surface area contributed by atoms with E-state index >= 15 is 0 Å². The minimum Gasteiger partial charge on any atom is -0.507 e. The van der Waals surface area contributed by atoms with Crippen molar-refractivity contribution in [1.82, 2.24) is 14.8 Å². The number of amides is 1. The third kappa shape index (κ3) is 4.50. The average molecular weight is 450 g/mol. The van der Waals surface area contributed by atoms with Gasteiger partial charge < -0.3 is 19.6 Å². The van der Waals surface area contributed by atoms with E-state index in [4.69, 9.17) is 4.74 Å². The number of fused-ring (bicyclic) bond motifs is 1. The molecule has 1 amide bonds. The Morgan fingerprint density at radius 2 is 1.91 bits per heavy atom. The highest BCUT2D eigenvalue weighted by molar-refractivity contribution is 6.46. The van der Waals surface area contributed by atoms with Gasteiger partial charge in [0.25, 0.3) is 11.7 Å². The molecule has 174 valence electrons. The number of aliphatic hydroxyl groups is 1. The summed E-state index contributed by atoms with van der Waals surface area (Å²) < 4.78 is 5.76. The molecule has 2 aliphatic heterocycles. The number of Topliss-reactive ketones (excluding diaryl/α,β-unsaturated/α-hetero) is 1. The standard InChI is InChI=1S/C26H31N3O4/c1-4-28(5-2)13-6-14-29-23(18-9-11-27-12-10-18)22(25(31)26(29)32)24(30)19-7-8-21-20(16-19)15-17(3)33-21/h7-12,16-17,23,30H,4-6,13-15H2,1-3H3/b24-22-. The number of hydrogen-bond donors (Lipinski definition) is 1. The molecule has 3 heterocycles. The lowest BCUT2D eigenvalue weighted by molar-refractivity contribution is -0.140. The van der Waals surface area contributed by atoms with Gasteiger partial charge in [0.05, 0.1) is 11.6 Å². The number of ether oxygens (including phenoxy) is 1. The van der Waals surface area contributed by atoms with Crippen LogP contribution in [0.3, 0.4) is 0 Å². The fourth-order valence-electron chi connectivity index (χ4n) is 4.73. The molecule has 4 rings (SSSR count). The van der Waals surface area contributed by atoms with Crippen LogP contribution in [-0.4, -0.2) is 63.9 Å². The molecule has 1 aromatic carbocycles. The van der Waals surface area contributed by atoms with E-state index < -0.39 is 17.7 Å². The number of nitrogens with zero attached hydrogens (tertiary/aromatic N) is 3. The molecule has 0 spiro atoms. The van der Waals surface area contributed by atoms with Crippen LogP contribution in [0.15, 0.2) is 48.3 Å². The molecule has 0 bridgehead atoms. The molecule has 1 saturated heterocycles. The molecular formula is C26H31N3O4. The van der Waals surface area contributed by atoms with Gasteiger partial charge in [-0.1, -0.05) is 13.8 Å². The molecular weight excluding hydrogens is 418 g/mol. The van der Waals surface area contributed by atoms with E-state index in [9.17, 15) is 14.7 Å². The van der Waals surface area contributed by atoms with Gasteiger partial charge in [-0.3, -0.25) is 14.6 Å². The molecule has 7 heteroatoms. The highest BCUT2D eigenvalue weighted by atomic mass is 16.5. The Morgan fingerprint density at radius 1 is 1.18 bits per heavy atom. The lowest BCUT2D eigenvalue weighted by atomic mass is 9.95. The number of benzene rings is 1. The minimum absolute atomic E-state index is 0.0746. The van der Waals surface area contributed by atoms with Crippen molar-refractivity contribution < 1.29 is 19.4 Å². The third-order valence-electron chi connectivity index (χ3n) is 6.50. The Morgan fingerprint density at radius 3 is 2.61 bits per heavy atom. The largest absolute Gasteiger partial charge is 0.507 e. The lowest BCUT2D eigenvalue weighted by Crippen LogP contribution is -2.33. The van der Waals surface area contributed by atoms with Crippen molar-refractivity contribution in [2.45, 2.75) is 45.8 Å². The van der Waals surface area contributed by atoms with Crippen molar-refractivity contribution in [3.05, 3.63) is 65.0 Å². The number of likely N-dealkylation sites (tertiary alicyclic amines) is 1. The van der Waals surface area contributed by atoms with Gasteiger partial charge in [0.15, 0.2) is 0 Å². The Kier molecular flexibility index (Phi) is 6.79. The number of carbonyl (C=O) groups excluding carboxylic acids is 2. The topological polar surface area (TPSA) is 83.0 Å². The monoisotopic (exact) mass is 449 g/mol. The van der Waals surface area contributed by atoms with Crippen molar-refractivity contribution in [2.75, 3.05) is 26.2 Å². The Balaban J connectivity index is 1.71. The highest BCUT2D eigenvalue weighted by Crippen LogP contribution is 2.40. The van der Waals surface area contributed by atoms with Crippen LogP contribution in [0.25, 0.3) is 5.76 Å². The van der Waals surface area contributed by atoms with Crippen LogP contribution < -0.4 is 4.74 Å². The first kappa shape index (κ1) is 23.0. The van der Waals surface area contributed by atoms with Crippen molar-refractivity contribution >= 4 is 17.4 Å². The summed E-state index contributed by atoms with van der Waals surface area (Å²) in [6.07, 6.45) is 4.83. The molecule has 2 aliphatic rings. The van der Waals surface area contributed by atoms with Gasteiger partial charge >= 0.3 is 0 Å². The Bertz CT molecular complexity index is 1060. The number of aromatic nitrogens is 1. The zero-order valence-corrected chi connectivity index (χ0v) is 19.5. The van der Waals surface area contributed by atoms with Gasteiger partial charge in [0, 0.05) is 30.9 Å². The summed E-state index contributed by atoms with van der Waals surface area (Å²) in [5.74, 6) is -0.580. The van der Waals surface area contributed by atoms with Gasteiger partial charge in [0.1, 0.15) is 17.6 Å². The Labute approximate surface area is 194 Å². The summed E-state index contributed by atoms with van der Waals surface area (Å²) in [4.78, 5) is 34.2. The second kappa shape index (κ2) is 9.75. The molecule has 33 heavy (non-hydrogen) atoms. The summed E-state index contributed by atoms with van der Waals surface area (Å²) in [6, 6.07) is 8.34. The predicted molar refractivity (Wildman–Crippen MR) is 126 cm³/mol. The summed E-state index contributed by atoms with van der Waals surface area (Å²) in [6.45, 7) is 9.34. The quantitative estimate of drug-likeness (QED) is 0.377. The van der Waals surface area contributed by atoms with Crippen LogP contribution in [0, 0.1) is 0 Å². The van der Waals surface area contributed by atoms with E-state index in [1.807, 2.05) is 19.1 Å². The average Bonchev–Trinajstić information content (AvgIpc) is 3.32. The summed E-state index contributed by atoms with van der Waals surface area (Å²) in [5.41, 5.74) is 2.39. The summed E-state index contributed by atoms with van der Waals surface area (Å²) in [5, 5.41) is 11.3. The molecule has 0 aliphatic carbocycles. The lowest BCUT2D eigenvalue weighted by Gasteiger charge is -2.26. The van der Waals surface area contributed by atoms with Crippen molar-refractivity contribution in [2.24, 2.45) is 0 Å². The van der Waals surface area contributed by atoms with Crippen LogP contribution in [0.5, 0.6) is 5.75 Å². The molecule has 2 aromatic rings. The number of hydrogen-bond acceptors (Lipinski definition) is 6. The molecule has 2 atom stereocenters. The van der Waals surface area contributed by atoms with E-state index in [2.05, 4.69) is 23.7 Å². The van der Waals surface area contributed by atoms with E-state index in [0.29, 0.717) is 12.1 Å². The second-order valence-corrected chi connectivity index (χ2v) is 8.61. The molecule has 0 radical (unpaired) electrons. The number of ketones is 1. The van der Waals surface area contributed by atoms with E-state index in [1.54, 1.807) is 35.5 Å². The number of aliphatic hydroxyl groups excluding tert-OH is 1. The van der Waals surface area contributed by atoms with Crippen LogP contribution >= 0.6 is 0 Å². The minimum atomic E-state index is -0.651. The molecule has 1 aromatic heterocycles. The van der Waals surface area contributed by atoms with Crippen molar-refractivity contribution in [3.63, 3.8) is 0 Å². The van der Waals surface area contributed by atoms with Gasteiger partial charge in [-0.05, 0) is 74.4 Å². The zero-order chi connectivity index (χ0) is 23.5. The van der Waals surface area contributed by atoms with Gasteiger partial charge in [-0.25, -0.2) is 0 Å². The molecule has 0 saturated carbocycles. The predicted octanol–water partition coefficient (Wildman–Crippen LogP) is 3.56. The first-order valence-corrected chi connectivity index (χ1v) is 11.6.